The second kappa shape index (κ2) is 12.9. The standard InChI is InChI=1S/C27H26FN7O4.C2H4O2/c1-38-20-13-18(21(28)17-6-4-12-39-23(17)20)22(32-15-10-8-14(9-11-15)24(29)30)26-33-27(37)35(34-26)19-7-3-2-5-16(19)25(31)36;1-2(3)4/h2-3,5,7-11,13,22,32H,4,6,12H2,1H3,(H3,29,30)(H2,31,36)(H,33,34,37);1H3,(H,3,4)/t22-;/m0./s1. The fourth-order valence-electron chi connectivity index (χ4n) is 4.57. The number of aromatic nitrogens is 3. The van der Waals surface area contributed by atoms with Crippen LogP contribution < -0.4 is 31.9 Å². The number of amidine groups is 1. The number of carbonyl (C=O) groups is 2. The highest BCUT2D eigenvalue weighted by Gasteiger charge is 2.30. The lowest BCUT2D eigenvalue weighted by atomic mass is 9.96. The number of carboxylic acid groups (broad SMARTS) is 1. The van der Waals surface area contributed by atoms with Crippen LogP contribution in [0.1, 0.15) is 52.3 Å². The molecule has 8 N–H and O–H groups in total. The number of hydrogen-bond acceptors (Lipinski definition) is 8. The molecule has 4 aromatic rings. The van der Waals surface area contributed by atoms with Crippen molar-refractivity contribution in [3.8, 4) is 17.2 Å². The number of fused-ring (bicyclic) bond motifs is 1. The first-order chi connectivity index (χ1) is 20.5. The molecular weight excluding hydrogens is 561 g/mol. The Hall–Kier alpha value is -5.66. The Morgan fingerprint density at radius 2 is 1.88 bits per heavy atom. The van der Waals surface area contributed by atoms with Gasteiger partial charge in [-0.25, -0.2) is 9.18 Å². The molecule has 5 rings (SSSR count). The summed E-state index contributed by atoms with van der Waals surface area (Å²) in [7, 11) is 1.47. The zero-order valence-corrected chi connectivity index (χ0v) is 23.3. The second-order valence-electron chi connectivity index (χ2n) is 9.44. The minimum absolute atomic E-state index is 0.0764. The van der Waals surface area contributed by atoms with Crippen molar-refractivity contribution in [3.05, 3.63) is 99.0 Å². The Labute approximate surface area is 244 Å². The molecule has 0 saturated carbocycles. The lowest BCUT2D eigenvalue weighted by Crippen LogP contribution is -2.21. The van der Waals surface area contributed by atoms with Crippen LogP contribution in [-0.4, -0.2) is 51.3 Å². The number of anilines is 1. The number of primary amides is 1. The van der Waals surface area contributed by atoms with Crippen molar-refractivity contribution < 1.29 is 28.6 Å². The third kappa shape index (κ3) is 6.64. The number of nitrogens with one attached hydrogen (secondary N) is 3. The smallest absolute Gasteiger partial charge is 0.348 e. The van der Waals surface area contributed by atoms with Crippen LogP contribution in [0.5, 0.6) is 11.5 Å². The zero-order chi connectivity index (χ0) is 31.3. The lowest BCUT2D eigenvalue weighted by Gasteiger charge is -2.25. The molecule has 14 heteroatoms. The maximum Gasteiger partial charge on any atom is 0.348 e. The van der Waals surface area contributed by atoms with E-state index in [1.165, 1.54) is 25.3 Å². The number of nitrogens with two attached hydrogens (primary N) is 2. The summed E-state index contributed by atoms with van der Waals surface area (Å²) >= 11 is 0. The molecular formula is C29H30FN7O6. The van der Waals surface area contributed by atoms with Crippen LogP contribution in [0.2, 0.25) is 0 Å². The molecule has 0 bridgehead atoms. The van der Waals surface area contributed by atoms with E-state index in [0.717, 1.165) is 11.6 Å². The topological polar surface area (TPSA) is 211 Å². The predicted molar refractivity (Wildman–Crippen MR) is 156 cm³/mol. The molecule has 1 aliphatic rings. The number of hydrogen-bond donors (Lipinski definition) is 6. The van der Waals surface area contributed by atoms with Gasteiger partial charge < -0.3 is 31.4 Å². The number of carbonyl (C=O) groups excluding carboxylic acids is 1. The summed E-state index contributed by atoms with van der Waals surface area (Å²) in [5.41, 5.74) is 12.3. The van der Waals surface area contributed by atoms with Crippen LogP contribution in [-0.2, 0) is 11.2 Å². The van der Waals surface area contributed by atoms with E-state index in [-0.39, 0.29) is 28.5 Å². The number of ether oxygens (including phenoxy) is 2. The number of halogens is 1. The average molecular weight is 592 g/mol. The van der Waals surface area contributed by atoms with Gasteiger partial charge in [0.15, 0.2) is 17.3 Å². The third-order valence-electron chi connectivity index (χ3n) is 6.46. The number of aromatic amines is 1. The summed E-state index contributed by atoms with van der Waals surface area (Å²) in [6.07, 6.45) is 1.08. The van der Waals surface area contributed by atoms with Crippen LogP contribution >= 0.6 is 0 Å². The first kappa shape index (κ1) is 30.3. The Morgan fingerprint density at radius 3 is 2.51 bits per heavy atom. The number of nitrogens with zero attached hydrogens (tertiary/aromatic N) is 2. The molecule has 3 aromatic carbocycles. The van der Waals surface area contributed by atoms with Gasteiger partial charge in [-0.1, -0.05) is 12.1 Å². The van der Waals surface area contributed by atoms with Crippen molar-refractivity contribution in [2.45, 2.75) is 25.8 Å². The number of carboxylic acids is 1. The molecule has 1 aliphatic heterocycles. The molecule has 1 amide bonds. The molecule has 43 heavy (non-hydrogen) atoms. The second-order valence-corrected chi connectivity index (χ2v) is 9.44. The van der Waals surface area contributed by atoms with E-state index < -0.39 is 29.4 Å². The van der Waals surface area contributed by atoms with Gasteiger partial charge in [-0.05, 0) is 55.3 Å². The van der Waals surface area contributed by atoms with Gasteiger partial charge in [0.25, 0.3) is 11.9 Å². The van der Waals surface area contributed by atoms with E-state index >= 15 is 4.39 Å². The lowest BCUT2D eigenvalue weighted by molar-refractivity contribution is -0.134. The van der Waals surface area contributed by atoms with Gasteiger partial charge in [0.1, 0.15) is 17.7 Å². The SMILES string of the molecule is CC(=O)O.COc1cc([C@H](Nc2ccc(C(=N)N)cc2)c2nn(-c3ccccc3C(N)=O)c(=O)[nH]2)c(F)c2c1OCCC2. The van der Waals surface area contributed by atoms with E-state index in [1.54, 1.807) is 36.4 Å². The van der Waals surface area contributed by atoms with Crippen molar-refractivity contribution in [1.29, 1.82) is 5.41 Å². The van der Waals surface area contributed by atoms with Gasteiger partial charge in [-0.3, -0.25) is 20.0 Å². The minimum Gasteiger partial charge on any atom is -0.493 e. The van der Waals surface area contributed by atoms with Gasteiger partial charge in [-0.2, -0.15) is 4.68 Å². The molecule has 1 aromatic heterocycles. The fraction of sp³-hybridized carbons (Fsp3) is 0.207. The van der Waals surface area contributed by atoms with E-state index in [1.807, 2.05) is 0 Å². The summed E-state index contributed by atoms with van der Waals surface area (Å²) < 4.78 is 28.3. The Morgan fingerprint density at radius 1 is 1.21 bits per heavy atom. The number of benzene rings is 3. The van der Waals surface area contributed by atoms with Crippen molar-refractivity contribution >= 4 is 23.4 Å². The summed E-state index contributed by atoms with van der Waals surface area (Å²) in [5.74, 6) is -1.40. The van der Waals surface area contributed by atoms with Gasteiger partial charge in [0.2, 0.25) is 0 Å². The maximum atomic E-state index is 16.1. The third-order valence-corrected chi connectivity index (χ3v) is 6.46. The molecule has 0 unspecified atom stereocenters. The zero-order valence-electron chi connectivity index (χ0n) is 23.3. The monoisotopic (exact) mass is 591 g/mol. The first-order valence-electron chi connectivity index (χ1n) is 13.0. The van der Waals surface area contributed by atoms with Crippen LogP contribution in [0.15, 0.2) is 59.4 Å². The molecule has 0 spiro atoms. The molecule has 224 valence electrons. The molecule has 13 nitrogen and oxygen atoms in total. The highest BCUT2D eigenvalue weighted by molar-refractivity contribution is 5.96. The number of H-pyrrole nitrogens is 1. The summed E-state index contributed by atoms with van der Waals surface area (Å²) in [5, 5.41) is 22.7. The van der Waals surface area contributed by atoms with E-state index in [9.17, 15) is 9.59 Å². The molecule has 1 atom stereocenters. The fourth-order valence-corrected chi connectivity index (χ4v) is 4.57. The van der Waals surface area contributed by atoms with Crippen LogP contribution in [0.3, 0.4) is 0 Å². The van der Waals surface area contributed by atoms with Crippen molar-refractivity contribution in [2.75, 3.05) is 19.0 Å². The van der Waals surface area contributed by atoms with Gasteiger partial charge in [-0.15, -0.1) is 5.10 Å². The number of para-hydroxylation sites is 1. The van der Waals surface area contributed by atoms with Gasteiger partial charge in [0, 0.05) is 29.3 Å². The molecule has 0 saturated heterocycles. The highest BCUT2D eigenvalue weighted by atomic mass is 19.1. The Bertz CT molecular complexity index is 1730. The number of nitrogen functional groups attached to an aromatic ring is 1. The number of amides is 1. The normalized spacial score (nSPS) is 12.5. The van der Waals surface area contributed by atoms with E-state index in [0.29, 0.717) is 47.8 Å². The minimum atomic E-state index is -0.996. The molecule has 0 fully saturated rings. The average Bonchev–Trinajstić information content (AvgIpc) is 3.37. The highest BCUT2D eigenvalue weighted by Crippen LogP contribution is 2.41. The van der Waals surface area contributed by atoms with Crippen molar-refractivity contribution in [2.24, 2.45) is 11.5 Å². The van der Waals surface area contributed by atoms with E-state index in [4.69, 9.17) is 36.3 Å². The van der Waals surface area contributed by atoms with E-state index in [2.05, 4.69) is 15.4 Å². The summed E-state index contributed by atoms with van der Waals surface area (Å²) in [6, 6.07) is 13.4. The number of rotatable bonds is 8. The number of methoxy groups -OCH3 is 1. The first-order valence-corrected chi connectivity index (χ1v) is 13.0. The van der Waals surface area contributed by atoms with Crippen molar-refractivity contribution in [3.63, 3.8) is 0 Å². The molecule has 0 aliphatic carbocycles. The molecule has 2 heterocycles. The quantitative estimate of drug-likeness (QED) is 0.131. The summed E-state index contributed by atoms with van der Waals surface area (Å²) in [6.45, 7) is 1.53. The van der Waals surface area contributed by atoms with Gasteiger partial charge in [0.05, 0.1) is 25.0 Å². The molecule has 0 radical (unpaired) electrons. The Kier molecular flexibility index (Phi) is 9.08. The largest absolute Gasteiger partial charge is 0.493 e. The van der Waals surface area contributed by atoms with Crippen LogP contribution in [0.4, 0.5) is 10.1 Å². The Balaban J connectivity index is 0.000000996. The van der Waals surface area contributed by atoms with Crippen LogP contribution in [0, 0.1) is 11.2 Å². The maximum absolute atomic E-state index is 16.1. The predicted octanol–water partition coefficient (Wildman–Crippen LogP) is 2.71. The summed E-state index contributed by atoms with van der Waals surface area (Å²) in [4.78, 5) is 36.7. The van der Waals surface area contributed by atoms with Crippen LogP contribution in [0.25, 0.3) is 5.69 Å². The number of aliphatic carboxylic acids is 1. The van der Waals surface area contributed by atoms with Crippen molar-refractivity contribution in [1.82, 2.24) is 14.8 Å². The van der Waals surface area contributed by atoms with Gasteiger partial charge >= 0.3 is 5.69 Å².